The van der Waals surface area contributed by atoms with Gasteiger partial charge in [0.15, 0.2) is 0 Å². The molecule has 0 heterocycles. The SMILES string of the molecule is C=Cc1cccc(N(c2cc(N(c3ccc(C(C)(C)C)cc3)c3cccc(C)c3)ccc2C)c2cc(C)cc(N(C3=C(C)CC4=C3C(C)(C)CCC4(C)C)c3ccc(C(C)(C)C)cc3)c2C)c1. The van der Waals surface area contributed by atoms with Crippen LogP contribution in [0.2, 0.25) is 0 Å². The molecule has 0 fully saturated rings. The molecule has 0 atom stereocenters. The first-order valence-corrected chi connectivity index (χ1v) is 24.6. The Bertz CT molecular complexity index is 2900. The average molecular weight is 886 g/mol. The lowest BCUT2D eigenvalue weighted by Gasteiger charge is -2.44. The Balaban J connectivity index is 1.39. The van der Waals surface area contributed by atoms with Crippen molar-refractivity contribution in [1.82, 2.24) is 0 Å². The summed E-state index contributed by atoms with van der Waals surface area (Å²) in [6.07, 6.45) is 5.33. The van der Waals surface area contributed by atoms with Crippen molar-refractivity contribution in [1.29, 1.82) is 0 Å². The van der Waals surface area contributed by atoms with E-state index in [0.29, 0.717) is 0 Å². The second-order valence-corrected chi connectivity index (χ2v) is 23.1. The highest BCUT2D eigenvalue weighted by molar-refractivity contribution is 5.89. The van der Waals surface area contributed by atoms with E-state index >= 15 is 0 Å². The van der Waals surface area contributed by atoms with Crippen molar-refractivity contribution in [3.05, 3.63) is 195 Å². The zero-order valence-electron chi connectivity index (χ0n) is 43.4. The van der Waals surface area contributed by atoms with Gasteiger partial charge in [-0.25, -0.2) is 0 Å². The number of anilines is 8. The van der Waals surface area contributed by atoms with Gasteiger partial charge >= 0.3 is 0 Å². The summed E-state index contributed by atoms with van der Waals surface area (Å²) < 4.78 is 0. The molecule has 8 rings (SSSR count). The highest BCUT2D eigenvalue weighted by Crippen LogP contribution is 2.59. The number of nitrogens with zero attached hydrogens (tertiary/aromatic N) is 3. The van der Waals surface area contributed by atoms with E-state index in [1.165, 1.54) is 68.0 Å². The fourth-order valence-corrected chi connectivity index (χ4v) is 10.6. The number of allylic oxidation sites excluding steroid dienone is 3. The maximum atomic E-state index is 4.22. The van der Waals surface area contributed by atoms with E-state index in [4.69, 9.17) is 0 Å². The first-order valence-electron chi connectivity index (χ1n) is 24.6. The summed E-state index contributed by atoms with van der Waals surface area (Å²) in [5.74, 6) is 0. The number of hydrogen-bond acceptors (Lipinski definition) is 3. The third-order valence-electron chi connectivity index (χ3n) is 14.8. The van der Waals surface area contributed by atoms with Gasteiger partial charge in [0.1, 0.15) is 0 Å². The molecule has 0 radical (unpaired) electrons. The van der Waals surface area contributed by atoms with Crippen molar-refractivity contribution in [3.63, 3.8) is 0 Å². The van der Waals surface area contributed by atoms with Crippen LogP contribution in [-0.2, 0) is 10.8 Å². The molecule has 0 aliphatic heterocycles. The Hall–Kier alpha value is -6.06. The fourth-order valence-electron chi connectivity index (χ4n) is 10.6. The molecule has 0 bridgehead atoms. The van der Waals surface area contributed by atoms with E-state index in [0.717, 1.165) is 52.5 Å². The maximum Gasteiger partial charge on any atom is 0.0514 e. The Kier molecular flexibility index (Phi) is 12.4. The first kappa shape index (κ1) is 47.4. The Morgan fingerprint density at radius 1 is 0.493 bits per heavy atom. The van der Waals surface area contributed by atoms with Crippen LogP contribution in [0.3, 0.4) is 0 Å². The van der Waals surface area contributed by atoms with Crippen LogP contribution in [0.15, 0.2) is 156 Å². The van der Waals surface area contributed by atoms with E-state index in [9.17, 15) is 0 Å². The van der Waals surface area contributed by atoms with Crippen LogP contribution in [0.5, 0.6) is 0 Å². The third-order valence-corrected chi connectivity index (χ3v) is 14.8. The lowest BCUT2D eigenvalue weighted by Crippen LogP contribution is -2.33. The lowest BCUT2D eigenvalue weighted by atomic mass is 9.63. The smallest absolute Gasteiger partial charge is 0.0514 e. The van der Waals surface area contributed by atoms with E-state index in [2.05, 4.69) is 253 Å². The second kappa shape index (κ2) is 17.5. The summed E-state index contributed by atoms with van der Waals surface area (Å²) in [4.78, 5) is 7.55. The summed E-state index contributed by atoms with van der Waals surface area (Å²) in [5.41, 5.74) is 23.9. The summed E-state index contributed by atoms with van der Waals surface area (Å²) in [5, 5.41) is 0. The topological polar surface area (TPSA) is 9.72 Å². The van der Waals surface area contributed by atoms with E-state index in [1.807, 2.05) is 6.08 Å². The molecule has 0 amide bonds. The van der Waals surface area contributed by atoms with Crippen LogP contribution in [-0.4, -0.2) is 0 Å². The van der Waals surface area contributed by atoms with Gasteiger partial charge in [-0.05, 0) is 198 Å². The minimum atomic E-state index is 0.0348. The summed E-state index contributed by atoms with van der Waals surface area (Å²) in [7, 11) is 0. The van der Waals surface area contributed by atoms with Gasteiger partial charge in [0, 0.05) is 34.1 Å². The average Bonchev–Trinajstić information content (AvgIpc) is 3.64. The monoisotopic (exact) mass is 886 g/mol. The number of aryl methyl sites for hydroxylation is 3. The predicted molar refractivity (Wildman–Crippen MR) is 292 cm³/mol. The largest absolute Gasteiger partial charge is 0.310 e. The summed E-state index contributed by atoms with van der Waals surface area (Å²) in [6, 6.07) is 48.1. The molecule has 0 N–H and O–H groups in total. The van der Waals surface area contributed by atoms with Gasteiger partial charge in [0.25, 0.3) is 0 Å². The van der Waals surface area contributed by atoms with Gasteiger partial charge < -0.3 is 14.7 Å². The van der Waals surface area contributed by atoms with Gasteiger partial charge in [-0.1, -0.05) is 142 Å². The highest BCUT2D eigenvalue weighted by Gasteiger charge is 2.45. The van der Waals surface area contributed by atoms with Crippen molar-refractivity contribution >= 4 is 51.6 Å². The molecule has 2 aliphatic carbocycles. The van der Waals surface area contributed by atoms with Crippen molar-refractivity contribution in [2.75, 3.05) is 14.7 Å². The molecule has 0 saturated carbocycles. The number of rotatable bonds is 10. The Morgan fingerprint density at radius 2 is 1.00 bits per heavy atom. The minimum Gasteiger partial charge on any atom is -0.310 e. The van der Waals surface area contributed by atoms with Gasteiger partial charge in [-0.15, -0.1) is 0 Å². The molecular formula is C64H75N3. The Morgan fingerprint density at radius 3 is 1.57 bits per heavy atom. The van der Waals surface area contributed by atoms with E-state index < -0.39 is 0 Å². The minimum absolute atomic E-state index is 0.0348. The van der Waals surface area contributed by atoms with Crippen LogP contribution in [0.4, 0.5) is 45.5 Å². The Labute approximate surface area is 404 Å². The fraction of sp³-hybridized carbons (Fsp3) is 0.344. The van der Waals surface area contributed by atoms with Crippen molar-refractivity contribution in [2.45, 2.75) is 134 Å². The van der Waals surface area contributed by atoms with E-state index in [-0.39, 0.29) is 21.7 Å². The number of hydrogen-bond donors (Lipinski definition) is 0. The molecule has 346 valence electrons. The predicted octanol–water partition coefficient (Wildman–Crippen LogP) is 19.1. The van der Waals surface area contributed by atoms with Crippen LogP contribution in [0.1, 0.15) is 134 Å². The van der Waals surface area contributed by atoms with Gasteiger partial charge in [0.05, 0.1) is 17.1 Å². The molecule has 0 aromatic heterocycles. The van der Waals surface area contributed by atoms with Crippen molar-refractivity contribution in [3.8, 4) is 0 Å². The van der Waals surface area contributed by atoms with Gasteiger partial charge in [-0.2, -0.15) is 0 Å². The summed E-state index contributed by atoms with van der Waals surface area (Å²) >= 11 is 0. The van der Waals surface area contributed by atoms with E-state index in [1.54, 1.807) is 5.57 Å². The zero-order chi connectivity index (χ0) is 48.4. The molecule has 0 saturated heterocycles. The quantitative estimate of drug-likeness (QED) is 0.136. The molecule has 6 aromatic carbocycles. The van der Waals surface area contributed by atoms with Crippen LogP contribution >= 0.6 is 0 Å². The molecular weight excluding hydrogens is 811 g/mol. The molecule has 2 aliphatic rings. The van der Waals surface area contributed by atoms with Crippen LogP contribution in [0, 0.1) is 38.5 Å². The first-order chi connectivity index (χ1) is 31.5. The summed E-state index contributed by atoms with van der Waals surface area (Å²) in [6.45, 7) is 39.3. The van der Waals surface area contributed by atoms with Crippen LogP contribution in [0.25, 0.3) is 6.08 Å². The van der Waals surface area contributed by atoms with Gasteiger partial charge in [0.2, 0.25) is 0 Å². The standard InChI is InChI=1S/C64H75N3/c1-17-47-21-19-23-53(40-47)66(56-41-54(29-24-44(56)4)65(52-22-18-20-42(2)36-52)50-30-25-48(26-31-50)61(7,8)9)57-37-43(3)38-58(46(57)6)67(51-32-27-49(28-33-51)62(10,11)12)60-45(5)39-55-59(60)64(15,16)35-34-63(55,13)14/h17-33,36-38,40-41H,1,34-35,39H2,2-16H3. The zero-order valence-corrected chi connectivity index (χ0v) is 43.4. The van der Waals surface area contributed by atoms with Crippen LogP contribution < -0.4 is 14.7 Å². The second-order valence-electron chi connectivity index (χ2n) is 23.1. The number of benzene rings is 6. The molecule has 67 heavy (non-hydrogen) atoms. The molecule has 3 nitrogen and oxygen atoms in total. The third kappa shape index (κ3) is 9.19. The highest BCUT2D eigenvalue weighted by atomic mass is 15.2. The molecule has 0 spiro atoms. The molecule has 6 aromatic rings. The van der Waals surface area contributed by atoms with Crippen molar-refractivity contribution < 1.29 is 0 Å². The van der Waals surface area contributed by atoms with Crippen molar-refractivity contribution in [2.24, 2.45) is 10.8 Å². The maximum absolute atomic E-state index is 4.22. The normalized spacial score (nSPS) is 15.7. The lowest BCUT2D eigenvalue weighted by molar-refractivity contribution is 0.265. The molecule has 3 heteroatoms. The van der Waals surface area contributed by atoms with Gasteiger partial charge in [-0.3, -0.25) is 0 Å². The molecule has 0 unspecified atom stereocenters.